The van der Waals surface area contributed by atoms with Crippen molar-refractivity contribution in [2.24, 2.45) is 0 Å². The zero-order valence-corrected chi connectivity index (χ0v) is 14.7. The Morgan fingerprint density at radius 2 is 2.24 bits per heavy atom. The molecule has 4 heterocycles. The van der Waals surface area contributed by atoms with E-state index in [2.05, 4.69) is 28.5 Å². The van der Waals surface area contributed by atoms with Gasteiger partial charge in [0.1, 0.15) is 4.83 Å². The van der Waals surface area contributed by atoms with Crippen molar-refractivity contribution >= 4 is 21.6 Å². The summed E-state index contributed by atoms with van der Waals surface area (Å²) in [5.74, 6) is 0. The van der Waals surface area contributed by atoms with Crippen molar-refractivity contribution in [1.82, 2.24) is 14.9 Å². The number of thiophene rings is 1. The summed E-state index contributed by atoms with van der Waals surface area (Å²) in [6.07, 6.45) is 3.53. The Kier molecular flexibility index (Phi) is 3.69. The molecule has 2 aromatic heterocycles. The molecule has 0 amide bonds. The molecule has 0 bridgehead atoms. The minimum Gasteiger partial charge on any atom is -0.376 e. The number of hydrogen-bond acceptors (Lipinski definition) is 5. The molecule has 3 aromatic rings. The van der Waals surface area contributed by atoms with E-state index in [1.807, 2.05) is 0 Å². The van der Waals surface area contributed by atoms with Gasteiger partial charge in [0.2, 0.25) is 0 Å². The zero-order chi connectivity index (χ0) is 16.8. The summed E-state index contributed by atoms with van der Waals surface area (Å²) in [5.41, 5.74) is 5.07. The molecule has 0 radical (unpaired) electrons. The zero-order valence-electron chi connectivity index (χ0n) is 13.9. The van der Waals surface area contributed by atoms with Crippen LogP contribution in [0.25, 0.3) is 10.2 Å². The molecule has 2 aliphatic rings. The van der Waals surface area contributed by atoms with Crippen molar-refractivity contribution in [3.8, 4) is 0 Å². The molecule has 1 aromatic carbocycles. The number of benzene rings is 1. The van der Waals surface area contributed by atoms with Crippen LogP contribution in [-0.2, 0) is 37.3 Å². The van der Waals surface area contributed by atoms with Crippen LogP contribution in [0.1, 0.15) is 27.1 Å². The summed E-state index contributed by atoms with van der Waals surface area (Å²) in [5, 5.41) is 4.20. The standard InChI is InChI=1S/C19H19N3O2S/c23-19-17-15-4-6-20-8-16(15)25-18(17)21-11-22(19)9-12-2-1-3-13-10-24-7-5-14(12)13/h1-3,11,20H,4-10H2. The summed E-state index contributed by atoms with van der Waals surface area (Å²) in [6, 6.07) is 6.29. The minimum atomic E-state index is 0.0917. The number of nitrogens with zero attached hydrogens (tertiary/aromatic N) is 2. The van der Waals surface area contributed by atoms with Crippen molar-refractivity contribution in [3.63, 3.8) is 0 Å². The van der Waals surface area contributed by atoms with Gasteiger partial charge in [-0.15, -0.1) is 11.3 Å². The van der Waals surface area contributed by atoms with Crippen LogP contribution in [0.2, 0.25) is 0 Å². The molecule has 0 aliphatic carbocycles. The predicted octanol–water partition coefficient (Wildman–Crippen LogP) is 2.22. The van der Waals surface area contributed by atoms with Crippen LogP contribution in [0.4, 0.5) is 0 Å². The largest absolute Gasteiger partial charge is 0.376 e. The van der Waals surface area contributed by atoms with Crippen LogP contribution in [0.3, 0.4) is 0 Å². The molecule has 2 aliphatic heterocycles. The molecule has 0 saturated heterocycles. The van der Waals surface area contributed by atoms with E-state index in [4.69, 9.17) is 4.74 Å². The summed E-state index contributed by atoms with van der Waals surface area (Å²) in [6.45, 7) is 3.77. The van der Waals surface area contributed by atoms with Crippen LogP contribution in [-0.4, -0.2) is 22.7 Å². The van der Waals surface area contributed by atoms with Gasteiger partial charge in [0.15, 0.2) is 0 Å². The second-order valence-electron chi connectivity index (χ2n) is 6.65. The van der Waals surface area contributed by atoms with Gasteiger partial charge in [0.25, 0.3) is 5.56 Å². The van der Waals surface area contributed by atoms with Crippen molar-refractivity contribution < 1.29 is 4.74 Å². The molecule has 5 rings (SSSR count). The Bertz CT molecular complexity index is 1020. The molecule has 0 fully saturated rings. The van der Waals surface area contributed by atoms with Gasteiger partial charge in [-0.1, -0.05) is 18.2 Å². The van der Waals surface area contributed by atoms with E-state index >= 15 is 0 Å². The number of nitrogens with one attached hydrogen (secondary N) is 1. The second kappa shape index (κ2) is 6.05. The maximum absolute atomic E-state index is 13.1. The molecule has 0 atom stereocenters. The highest BCUT2D eigenvalue weighted by atomic mass is 32.1. The Hall–Kier alpha value is -2.02. The van der Waals surface area contributed by atoms with Crippen LogP contribution in [0, 0.1) is 0 Å². The van der Waals surface area contributed by atoms with Crippen molar-refractivity contribution in [3.05, 3.63) is 62.0 Å². The SMILES string of the molecule is O=c1c2c3c(sc2ncn1Cc1cccc2c1CCOC2)CNCC3. The highest BCUT2D eigenvalue weighted by Gasteiger charge is 2.20. The van der Waals surface area contributed by atoms with Crippen LogP contribution in [0.15, 0.2) is 29.3 Å². The Morgan fingerprint density at radius 1 is 1.28 bits per heavy atom. The first-order chi connectivity index (χ1) is 12.3. The lowest BCUT2D eigenvalue weighted by Crippen LogP contribution is -2.25. The smallest absolute Gasteiger partial charge is 0.262 e. The molecule has 128 valence electrons. The van der Waals surface area contributed by atoms with Gasteiger partial charge in [0.05, 0.1) is 31.5 Å². The number of fused-ring (bicyclic) bond motifs is 4. The van der Waals surface area contributed by atoms with Gasteiger partial charge in [-0.25, -0.2) is 4.98 Å². The van der Waals surface area contributed by atoms with Gasteiger partial charge >= 0.3 is 0 Å². The van der Waals surface area contributed by atoms with Crippen LogP contribution < -0.4 is 10.9 Å². The first kappa shape index (κ1) is 15.3. The summed E-state index contributed by atoms with van der Waals surface area (Å²) in [4.78, 5) is 19.8. The Morgan fingerprint density at radius 3 is 3.20 bits per heavy atom. The van der Waals surface area contributed by atoms with E-state index in [1.54, 1.807) is 22.2 Å². The number of aromatic nitrogens is 2. The third-order valence-electron chi connectivity index (χ3n) is 5.16. The Balaban J connectivity index is 1.60. The van der Waals surface area contributed by atoms with Crippen LogP contribution >= 0.6 is 11.3 Å². The van der Waals surface area contributed by atoms with Gasteiger partial charge in [0, 0.05) is 11.4 Å². The fraction of sp³-hybridized carbons (Fsp3) is 0.368. The fourth-order valence-electron chi connectivity index (χ4n) is 3.89. The van der Waals surface area contributed by atoms with Crippen molar-refractivity contribution in [1.29, 1.82) is 0 Å². The third kappa shape index (κ3) is 2.52. The summed E-state index contributed by atoms with van der Waals surface area (Å²) in [7, 11) is 0. The molecule has 0 spiro atoms. The van der Waals surface area contributed by atoms with Gasteiger partial charge < -0.3 is 10.1 Å². The monoisotopic (exact) mass is 353 g/mol. The first-order valence-electron chi connectivity index (χ1n) is 8.69. The average molecular weight is 353 g/mol. The van der Waals surface area contributed by atoms with Crippen LogP contribution in [0.5, 0.6) is 0 Å². The maximum Gasteiger partial charge on any atom is 0.262 e. The molecule has 0 saturated carbocycles. The van der Waals surface area contributed by atoms with Gasteiger partial charge in [-0.05, 0) is 41.6 Å². The quantitative estimate of drug-likeness (QED) is 0.768. The molecule has 25 heavy (non-hydrogen) atoms. The molecule has 6 heteroatoms. The molecule has 5 nitrogen and oxygen atoms in total. The minimum absolute atomic E-state index is 0.0917. The molecule has 0 unspecified atom stereocenters. The molecular formula is C19H19N3O2S. The van der Waals surface area contributed by atoms with Crippen molar-refractivity contribution in [2.45, 2.75) is 32.5 Å². The summed E-state index contributed by atoms with van der Waals surface area (Å²) >= 11 is 1.65. The van der Waals surface area contributed by atoms with Gasteiger partial charge in [-0.2, -0.15) is 0 Å². The lowest BCUT2D eigenvalue weighted by molar-refractivity contribution is 0.110. The topological polar surface area (TPSA) is 56.2 Å². The molecular weight excluding hydrogens is 334 g/mol. The normalized spacial score (nSPS) is 16.6. The van der Waals surface area contributed by atoms with Crippen molar-refractivity contribution in [2.75, 3.05) is 13.2 Å². The number of hydrogen-bond donors (Lipinski definition) is 1. The van der Waals surface area contributed by atoms with E-state index in [9.17, 15) is 4.79 Å². The van der Waals surface area contributed by atoms with E-state index in [0.29, 0.717) is 13.2 Å². The average Bonchev–Trinajstić information content (AvgIpc) is 3.03. The first-order valence-corrected chi connectivity index (χ1v) is 9.50. The summed E-state index contributed by atoms with van der Waals surface area (Å²) < 4.78 is 7.32. The number of rotatable bonds is 2. The second-order valence-corrected chi connectivity index (χ2v) is 7.73. The maximum atomic E-state index is 13.1. The highest BCUT2D eigenvalue weighted by molar-refractivity contribution is 7.18. The lowest BCUT2D eigenvalue weighted by atomic mass is 9.97. The Labute approximate surface area is 149 Å². The predicted molar refractivity (Wildman–Crippen MR) is 98.2 cm³/mol. The van der Waals surface area contributed by atoms with Gasteiger partial charge in [-0.3, -0.25) is 9.36 Å². The fourth-order valence-corrected chi connectivity index (χ4v) is 5.04. The molecule has 1 N–H and O–H groups in total. The third-order valence-corrected chi connectivity index (χ3v) is 6.30. The van der Waals surface area contributed by atoms with E-state index in [1.165, 1.54) is 27.1 Å². The van der Waals surface area contributed by atoms with E-state index < -0.39 is 0 Å². The van der Waals surface area contributed by atoms with E-state index in [0.717, 1.165) is 42.8 Å². The highest BCUT2D eigenvalue weighted by Crippen LogP contribution is 2.30. The van der Waals surface area contributed by atoms with E-state index in [-0.39, 0.29) is 5.56 Å². The number of ether oxygens (including phenoxy) is 1. The lowest BCUT2D eigenvalue weighted by Gasteiger charge is -2.20.